The third-order valence-corrected chi connectivity index (χ3v) is 10.3. The molecule has 0 unspecified atom stereocenters. The zero-order valence-corrected chi connectivity index (χ0v) is 26.9. The van der Waals surface area contributed by atoms with Crippen LogP contribution in [-0.2, 0) is 0 Å². The molecule has 0 aliphatic rings. The molecular formula is C44H24N4S. The van der Waals surface area contributed by atoms with Gasteiger partial charge in [0.15, 0.2) is 0 Å². The van der Waals surface area contributed by atoms with Crippen LogP contribution in [0.4, 0.5) is 0 Å². The molecule has 0 spiro atoms. The van der Waals surface area contributed by atoms with Crippen LogP contribution in [0.15, 0.2) is 146 Å². The standard InChI is InChI=1S/C44H24N4S/c45-25-27-15-17-47-39(19-27)29-7-5-9-31(21-29)43-34-12-1-2-13-35(34)44(32-10-6-8-30(22-32)40-20-28(26-46)16-18-48-40)38-24-42-36(23-37(38)43)33-11-3-4-14-41(33)49-42/h1-24H. The SMILES string of the molecule is N#Cc1ccnc(-c2cccc(-c3c4ccccc4c(-c4cccc(-c5cc(C#N)ccn5)c4)c4cc5c(cc34)sc3ccccc35)c2)c1. The molecule has 3 heterocycles. The molecule has 0 saturated heterocycles. The van der Waals surface area contributed by atoms with E-state index in [4.69, 9.17) is 0 Å². The first-order valence-electron chi connectivity index (χ1n) is 15.9. The number of benzene rings is 6. The molecule has 9 rings (SSSR count). The number of aromatic nitrogens is 2. The second-order valence-electron chi connectivity index (χ2n) is 12.0. The van der Waals surface area contributed by atoms with Gasteiger partial charge in [0.25, 0.3) is 0 Å². The van der Waals surface area contributed by atoms with Gasteiger partial charge >= 0.3 is 0 Å². The summed E-state index contributed by atoms with van der Waals surface area (Å²) in [5, 5.41) is 26.2. The summed E-state index contributed by atoms with van der Waals surface area (Å²) < 4.78 is 2.50. The number of pyridine rings is 2. The van der Waals surface area contributed by atoms with E-state index in [1.807, 2.05) is 23.5 Å². The van der Waals surface area contributed by atoms with E-state index >= 15 is 0 Å². The van der Waals surface area contributed by atoms with Crippen LogP contribution in [0.25, 0.3) is 86.5 Å². The first-order valence-corrected chi connectivity index (χ1v) is 16.7. The molecule has 6 aromatic carbocycles. The van der Waals surface area contributed by atoms with Crippen molar-refractivity contribution in [3.8, 4) is 56.9 Å². The van der Waals surface area contributed by atoms with Crippen molar-refractivity contribution in [1.29, 1.82) is 10.5 Å². The van der Waals surface area contributed by atoms with Gasteiger partial charge in [0.1, 0.15) is 0 Å². The maximum absolute atomic E-state index is 9.55. The quantitative estimate of drug-likeness (QED) is 0.179. The summed E-state index contributed by atoms with van der Waals surface area (Å²) in [6, 6.07) is 50.6. The molecular weight excluding hydrogens is 617 g/mol. The molecule has 0 radical (unpaired) electrons. The minimum Gasteiger partial charge on any atom is -0.256 e. The third kappa shape index (κ3) is 4.81. The predicted molar refractivity (Wildman–Crippen MR) is 201 cm³/mol. The highest BCUT2D eigenvalue weighted by molar-refractivity contribution is 7.25. The number of nitrogens with zero attached hydrogens (tertiary/aromatic N) is 4. The predicted octanol–water partition coefficient (Wildman–Crippen LogP) is 11.6. The Balaban J connectivity index is 1.38. The zero-order valence-electron chi connectivity index (χ0n) is 26.1. The van der Waals surface area contributed by atoms with Crippen LogP contribution >= 0.6 is 11.3 Å². The maximum Gasteiger partial charge on any atom is 0.0992 e. The van der Waals surface area contributed by atoms with Gasteiger partial charge in [-0.3, -0.25) is 9.97 Å². The molecule has 0 saturated carbocycles. The largest absolute Gasteiger partial charge is 0.256 e. The highest BCUT2D eigenvalue weighted by Gasteiger charge is 2.20. The minimum absolute atomic E-state index is 0.583. The van der Waals surface area contributed by atoms with Crippen molar-refractivity contribution in [1.82, 2.24) is 9.97 Å². The number of rotatable bonds is 4. The Hall–Kier alpha value is -6.66. The lowest BCUT2D eigenvalue weighted by molar-refractivity contribution is 1.31. The second kappa shape index (κ2) is 11.5. The lowest BCUT2D eigenvalue weighted by Gasteiger charge is -2.19. The summed E-state index contributed by atoms with van der Waals surface area (Å²) in [6.07, 6.45) is 3.39. The molecule has 0 N–H and O–H groups in total. The van der Waals surface area contributed by atoms with Crippen LogP contribution in [0.1, 0.15) is 11.1 Å². The van der Waals surface area contributed by atoms with E-state index in [1.165, 1.54) is 25.6 Å². The Labute approximate surface area is 286 Å². The fourth-order valence-corrected chi connectivity index (χ4v) is 8.13. The van der Waals surface area contributed by atoms with Gasteiger partial charge in [0.2, 0.25) is 0 Å². The lowest BCUT2D eigenvalue weighted by atomic mass is 9.84. The van der Waals surface area contributed by atoms with Crippen molar-refractivity contribution < 1.29 is 0 Å². The molecule has 0 fully saturated rings. The molecule has 226 valence electrons. The van der Waals surface area contributed by atoms with Gasteiger partial charge < -0.3 is 0 Å². The van der Waals surface area contributed by atoms with Gasteiger partial charge in [-0.05, 0) is 98.4 Å². The molecule has 5 heteroatoms. The Morgan fingerprint density at radius 2 is 0.918 bits per heavy atom. The van der Waals surface area contributed by atoms with E-state index in [1.54, 1.807) is 24.5 Å². The normalized spacial score (nSPS) is 11.2. The number of hydrogen-bond acceptors (Lipinski definition) is 5. The van der Waals surface area contributed by atoms with Crippen LogP contribution in [0.2, 0.25) is 0 Å². The first kappa shape index (κ1) is 28.6. The van der Waals surface area contributed by atoms with E-state index in [0.29, 0.717) is 11.1 Å². The van der Waals surface area contributed by atoms with Crippen LogP contribution in [0.3, 0.4) is 0 Å². The first-order chi connectivity index (χ1) is 24.2. The fraction of sp³-hybridized carbons (Fsp3) is 0. The van der Waals surface area contributed by atoms with Crippen LogP contribution < -0.4 is 0 Å². The summed E-state index contributed by atoms with van der Waals surface area (Å²) in [6.45, 7) is 0. The molecule has 0 amide bonds. The van der Waals surface area contributed by atoms with Crippen molar-refractivity contribution in [2.24, 2.45) is 0 Å². The van der Waals surface area contributed by atoms with Gasteiger partial charge in [-0.1, -0.05) is 78.9 Å². The van der Waals surface area contributed by atoms with Crippen molar-refractivity contribution >= 4 is 53.1 Å². The fourth-order valence-electron chi connectivity index (χ4n) is 7.00. The molecule has 4 nitrogen and oxygen atoms in total. The third-order valence-electron chi connectivity index (χ3n) is 9.19. The summed E-state index contributed by atoms with van der Waals surface area (Å²) in [7, 11) is 0. The van der Waals surface area contributed by atoms with Gasteiger partial charge in [-0.2, -0.15) is 10.5 Å². The topological polar surface area (TPSA) is 73.4 Å². The summed E-state index contributed by atoms with van der Waals surface area (Å²) in [5.41, 5.74) is 9.10. The maximum atomic E-state index is 9.55. The molecule has 0 aliphatic heterocycles. The number of nitriles is 2. The highest BCUT2D eigenvalue weighted by atomic mass is 32.1. The summed E-state index contributed by atoms with van der Waals surface area (Å²) in [4.78, 5) is 9.22. The smallest absolute Gasteiger partial charge is 0.0992 e. The van der Waals surface area contributed by atoms with E-state index in [0.717, 1.165) is 60.9 Å². The minimum atomic E-state index is 0.583. The molecule has 0 bridgehead atoms. The van der Waals surface area contributed by atoms with E-state index in [2.05, 4.69) is 131 Å². The number of thiophene rings is 1. The Bertz CT molecular complexity index is 2870. The number of fused-ring (bicyclic) bond motifs is 5. The van der Waals surface area contributed by atoms with Crippen molar-refractivity contribution in [3.63, 3.8) is 0 Å². The average Bonchev–Trinajstić information content (AvgIpc) is 3.53. The van der Waals surface area contributed by atoms with Gasteiger partial charge in [0.05, 0.1) is 34.7 Å². The average molecular weight is 641 g/mol. The molecule has 49 heavy (non-hydrogen) atoms. The highest BCUT2D eigenvalue weighted by Crippen LogP contribution is 2.47. The summed E-state index contributed by atoms with van der Waals surface area (Å²) in [5.74, 6) is 0. The van der Waals surface area contributed by atoms with Gasteiger partial charge in [-0.15, -0.1) is 11.3 Å². The van der Waals surface area contributed by atoms with Gasteiger partial charge in [0, 0.05) is 43.7 Å². The lowest BCUT2D eigenvalue weighted by Crippen LogP contribution is -1.92. The summed E-state index contributed by atoms with van der Waals surface area (Å²) >= 11 is 1.82. The molecule has 3 aromatic heterocycles. The Morgan fingerprint density at radius 3 is 1.49 bits per heavy atom. The van der Waals surface area contributed by atoms with E-state index < -0.39 is 0 Å². The molecule has 0 atom stereocenters. The zero-order chi connectivity index (χ0) is 32.9. The van der Waals surface area contributed by atoms with Crippen LogP contribution in [0, 0.1) is 22.7 Å². The van der Waals surface area contributed by atoms with Crippen molar-refractivity contribution in [2.75, 3.05) is 0 Å². The van der Waals surface area contributed by atoms with Crippen LogP contribution in [0.5, 0.6) is 0 Å². The van der Waals surface area contributed by atoms with Crippen molar-refractivity contribution in [2.45, 2.75) is 0 Å². The molecule has 0 aliphatic carbocycles. The monoisotopic (exact) mass is 640 g/mol. The second-order valence-corrected chi connectivity index (χ2v) is 13.1. The van der Waals surface area contributed by atoms with E-state index in [9.17, 15) is 10.5 Å². The van der Waals surface area contributed by atoms with Gasteiger partial charge in [-0.25, -0.2) is 0 Å². The number of hydrogen-bond donors (Lipinski definition) is 0. The van der Waals surface area contributed by atoms with E-state index in [-0.39, 0.29) is 0 Å². The van der Waals surface area contributed by atoms with Crippen molar-refractivity contribution in [3.05, 3.63) is 157 Å². The Morgan fingerprint density at radius 1 is 0.408 bits per heavy atom. The molecule has 9 aromatic rings. The Kier molecular flexibility index (Phi) is 6.73. The van der Waals surface area contributed by atoms with Crippen LogP contribution in [-0.4, -0.2) is 9.97 Å².